The zero-order chi connectivity index (χ0) is 18.7. The van der Waals surface area contributed by atoms with E-state index in [0.717, 1.165) is 31.4 Å². The maximum Gasteiger partial charge on any atom is 0.311 e. The number of methoxy groups -OCH3 is 1. The predicted molar refractivity (Wildman–Crippen MR) is 106 cm³/mol. The van der Waals surface area contributed by atoms with Gasteiger partial charge in [0.15, 0.2) is 0 Å². The largest absolute Gasteiger partial charge is 0.469 e. The van der Waals surface area contributed by atoms with Crippen LogP contribution in [0.4, 0.5) is 0 Å². The lowest BCUT2D eigenvalue weighted by Gasteiger charge is -2.70. The van der Waals surface area contributed by atoms with Crippen LogP contribution in [0.25, 0.3) is 0 Å². The van der Waals surface area contributed by atoms with Crippen molar-refractivity contribution in [1.29, 1.82) is 0 Å². The monoisotopic (exact) mass is 380 g/mol. The number of rotatable bonds is 3. The molecule has 2 bridgehead atoms. The number of hydrogen-bond donors (Lipinski definition) is 1. The third-order valence-electron chi connectivity index (χ3n) is 9.50. The van der Waals surface area contributed by atoms with Crippen LogP contribution in [0, 0.1) is 39.9 Å². The van der Waals surface area contributed by atoms with E-state index in [1.165, 1.54) is 25.7 Å². The van der Waals surface area contributed by atoms with Crippen LogP contribution in [0.15, 0.2) is 0 Å². The first kappa shape index (κ1) is 19.1. The molecule has 0 radical (unpaired) electrons. The molecule has 8 atom stereocenters. The van der Waals surface area contributed by atoms with Gasteiger partial charge in [-0.3, -0.25) is 4.79 Å². The Bertz CT molecular complexity index is 580. The van der Waals surface area contributed by atoms with Crippen molar-refractivity contribution in [2.75, 3.05) is 19.1 Å². The fraction of sp³-hybridized carbons (Fsp3) is 0.955. The van der Waals surface area contributed by atoms with Crippen LogP contribution in [0.5, 0.6) is 0 Å². The Balaban J connectivity index is 1.71. The first-order valence-electron chi connectivity index (χ1n) is 10.6. The average molecular weight is 381 g/mol. The van der Waals surface area contributed by atoms with Gasteiger partial charge < -0.3 is 9.84 Å². The molecule has 26 heavy (non-hydrogen) atoms. The van der Waals surface area contributed by atoms with E-state index in [4.69, 9.17) is 4.74 Å². The van der Waals surface area contributed by atoms with E-state index in [9.17, 15) is 9.90 Å². The summed E-state index contributed by atoms with van der Waals surface area (Å²) in [5.74, 6) is 3.21. The molecule has 4 heteroatoms. The summed E-state index contributed by atoms with van der Waals surface area (Å²) in [6.07, 6.45) is 11.3. The highest BCUT2D eigenvalue weighted by Crippen LogP contribution is 2.72. The summed E-state index contributed by atoms with van der Waals surface area (Å²) in [7, 11) is 1.54. The fourth-order valence-electron chi connectivity index (χ4n) is 8.37. The number of esters is 1. The minimum absolute atomic E-state index is 0.00819. The summed E-state index contributed by atoms with van der Waals surface area (Å²) in [5, 5.41) is 11.5. The topological polar surface area (TPSA) is 46.5 Å². The quantitative estimate of drug-likeness (QED) is 0.731. The van der Waals surface area contributed by atoms with E-state index in [-0.39, 0.29) is 28.3 Å². The molecule has 5 aliphatic carbocycles. The van der Waals surface area contributed by atoms with Crippen LogP contribution in [0.1, 0.15) is 65.2 Å². The average Bonchev–Trinajstić information content (AvgIpc) is 2.63. The Labute approximate surface area is 163 Å². The molecule has 0 saturated heterocycles. The van der Waals surface area contributed by atoms with Gasteiger partial charge in [0, 0.05) is 0 Å². The molecule has 0 heterocycles. The number of aliphatic hydroxyl groups excluding tert-OH is 1. The third kappa shape index (κ3) is 2.33. The minimum atomic E-state index is -0.344. The van der Waals surface area contributed by atoms with Gasteiger partial charge in [0.25, 0.3) is 0 Å². The SMILES string of the molecule is COC(=O)[C@]1(C)CCC[C@@]2(C)[C@@H]3C[C@H]4CC[C@@]3(CC[C@@H]21)[C@H](O)[C@H]4CSC. The van der Waals surface area contributed by atoms with Gasteiger partial charge in [-0.15, -0.1) is 0 Å². The van der Waals surface area contributed by atoms with E-state index in [0.29, 0.717) is 23.7 Å². The molecule has 0 aromatic carbocycles. The van der Waals surface area contributed by atoms with Crippen molar-refractivity contribution in [3.63, 3.8) is 0 Å². The van der Waals surface area contributed by atoms with Gasteiger partial charge >= 0.3 is 5.97 Å². The van der Waals surface area contributed by atoms with E-state index in [1.54, 1.807) is 7.11 Å². The van der Waals surface area contributed by atoms with Gasteiger partial charge in [-0.1, -0.05) is 13.3 Å². The van der Waals surface area contributed by atoms with Crippen molar-refractivity contribution in [2.24, 2.45) is 39.9 Å². The van der Waals surface area contributed by atoms with Crippen LogP contribution < -0.4 is 0 Å². The molecule has 5 aliphatic rings. The predicted octanol–water partition coefficient (Wildman–Crippen LogP) is 4.52. The van der Waals surface area contributed by atoms with Crippen molar-refractivity contribution in [1.82, 2.24) is 0 Å². The van der Waals surface area contributed by atoms with Gasteiger partial charge in [0.2, 0.25) is 0 Å². The molecule has 3 nitrogen and oxygen atoms in total. The number of ether oxygens (including phenoxy) is 1. The summed E-state index contributed by atoms with van der Waals surface area (Å²) in [6, 6.07) is 0. The molecular formula is C22H36O3S. The van der Waals surface area contributed by atoms with E-state index < -0.39 is 0 Å². The number of thioether (sulfide) groups is 1. The second-order valence-corrected chi connectivity index (χ2v) is 11.2. The Morgan fingerprint density at radius 1 is 1.15 bits per heavy atom. The smallest absolute Gasteiger partial charge is 0.311 e. The van der Waals surface area contributed by atoms with Crippen molar-refractivity contribution in [3.05, 3.63) is 0 Å². The second kappa shape index (κ2) is 6.40. The number of hydrogen-bond acceptors (Lipinski definition) is 4. The number of aliphatic hydroxyl groups is 1. The van der Waals surface area contributed by atoms with E-state index >= 15 is 0 Å². The van der Waals surface area contributed by atoms with Gasteiger partial charge in [0.05, 0.1) is 18.6 Å². The van der Waals surface area contributed by atoms with E-state index in [2.05, 4.69) is 20.1 Å². The van der Waals surface area contributed by atoms with Gasteiger partial charge in [0.1, 0.15) is 0 Å². The van der Waals surface area contributed by atoms with Crippen LogP contribution in [-0.2, 0) is 9.53 Å². The van der Waals surface area contributed by atoms with Gasteiger partial charge in [-0.2, -0.15) is 11.8 Å². The molecule has 5 fully saturated rings. The molecule has 0 unspecified atom stereocenters. The zero-order valence-electron chi connectivity index (χ0n) is 16.9. The number of fused-ring (bicyclic) bond motifs is 3. The maximum absolute atomic E-state index is 12.7. The summed E-state index contributed by atoms with van der Waals surface area (Å²) in [6.45, 7) is 4.62. The molecule has 0 aromatic rings. The van der Waals surface area contributed by atoms with E-state index in [1.807, 2.05) is 11.8 Å². The molecule has 0 aliphatic heterocycles. The van der Waals surface area contributed by atoms with Crippen molar-refractivity contribution in [3.8, 4) is 0 Å². The Morgan fingerprint density at radius 3 is 2.58 bits per heavy atom. The molecule has 5 rings (SSSR count). The van der Waals surface area contributed by atoms with Gasteiger partial charge in [-0.05, 0) is 98.4 Å². The standard InChI is InChI=1S/C22H36O3S/c1-20-8-5-9-21(2,19(24)25-3)16(20)7-11-22-10-6-14(12-17(20)22)15(13-26-4)18(22)23/h14-18,23H,5-13H2,1-4H3/t14-,15+,16+,17+,18-,20-,21-,22+/m1/s1. The second-order valence-electron chi connectivity index (χ2n) is 10.2. The molecule has 1 spiro atoms. The normalized spacial score (nSPS) is 52.9. The number of carbonyl (C=O) groups excluding carboxylic acids is 1. The first-order valence-corrected chi connectivity index (χ1v) is 12.0. The molecular weight excluding hydrogens is 344 g/mol. The highest BCUT2D eigenvalue weighted by Gasteiger charge is 2.68. The molecule has 1 N–H and O–H groups in total. The highest BCUT2D eigenvalue weighted by molar-refractivity contribution is 7.98. The summed E-state index contributed by atoms with van der Waals surface area (Å²) >= 11 is 1.89. The third-order valence-corrected chi connectivity index (χ3v) is 10.2. The van der Waals surface area contributed by atoms with Crippen molar-refractivity contribution in [2.45, 2.75) is 71.3 Å². The lowest BCUT2D eigenvalue weighted by Crippen LogP contribution is -2.67. The lowest BCUT2D eigenvalue weighted by atomic mass is 9.35. The number of carbonyl (C=O) groups is 1. The van der Waals surface area contributed by atoms with Crippen LogP contribution in [-0.4, -0.2) is 36.3 Å². The first-order chi connectivity index (χ1) is 12.3. The van der Waals surface area contributed by atoms with Crippen molar-refractivity contribution >= 4 is 17.7 Å². The zero-order valence-corrected chi connectivity index (χ0v) is 17.7. The molecule has 0 aromatic heterocycles. The van der Waals surface area contributed by atoms with Crippen molar-refractivity contribution < 1.29 is 14.6 Å². The lowest BCUT2D eigenvalue weighted by molar-refractivity contribution is -0.242. The Kier molecular flexibility index (Phi) is 4.71. The molecule has 148 valence electrons. The van der Waals surface area contributed by atoms with Crippen LogP contribution >= 0.6 is 11.8 Å². The minimum Gasteiger partial charge on any atom is -0.469 e. The van der Waals surface area contributed by atoms with Gasteiger partial charge in [-0.25, -0.2) is 0 Å². The maximum atomic E-state index is 12.7. The van der Waals surface area contributed by atoms with Crippen LogP contribution in [0.3, 0.4) is 0 Å². The summed E-state index contributed by atoms with van der Waals surface area (Å²) in [4.78, 5) is 12.7. The van der Waals surface area contributed by atoms with Crippen LogP contribution in [0.2, 0.25) is 0 Å². The molecule has 5 saturated carbocycles. The Hall–Kier alpha value is -0.220. The summed E-state index contributed by atoms with van der Waals surface area (Å²) < 4.78 is 5.26. The fourth-order valence-corrected chi connectivity index (χ4v) is 9.21. The summed E-state index contributed by atoms with van der Waals surface area (Å²) in [5.41, 5.74) is -0.0676. The molecule has 0 amide bonds. The highest BCUT2D eigenvalue weighted by atomic mass is 32.2. The Morgan fingerprint density at radius 2 is 1.88 bits per heavy atom.